The average molecular weight is 268 g/mol. The molecule has 0 saturated carbocycles. The second kappa shape index (κ2) is 3.74. The van der Waals surface area contributed by atoms with Gasteiger partial charge in [-0.25, -0.2) is 9.50 Å². The fourth-order valence-corrected chi connectivity index (χ4v) is 1.74. The van der Waals surface area contributed by atoms with Crippen LogP contribution in [0.2, 0.25) is 0 Å². The fraction of sp³-hybridized carbons (Fsp3) is 0.0909. The summed E-state index contributed by atoms with van der Waals surface area (Å²) in [7, 11) is 0. The van der Waals surface area contributed by atoms with E-state index in [9.17, 15) is 13.2 Å². The van der Waals surface area contributed by atoms with E-state index in [0.29, 0.717) is 4.52 Å². The normalized spacial score (nSPS) is 12.2. The maximum absolute atomic E-state index is 13.0. The van der Waals surface area contributed by atoms with Crippen molar-refractivity contribution >= 4 is 11.5 Å². The number of furan rings is 1. The van der Waals surface area contributed by atoms with Crippen molar-refractivity contribution in [1.29, 1.82) is 0 Å². The van der Waals surface area contributed by atoms with Gasteiger partial charge in [0.05, 0.1) is 6.26 Å². The lowest BCUT2D eigenvalue weighted by molar-refractivity contribution is -0.142. The molecule has 98 valence electrons. The first-order chi connectivity index (χ1) is 8.95. The third kappa shape index (κ3) is 1.90. The number of hydrogen-bond donors (Lipinski definition) is 1. The van der Waals surface area contributed by atoms with Crippen LogP contribution in [-0.2, 0) is 6.18 Å². The zero-order valence-corrected chi connectivity index (χ0v) is 9.35. The summed E-state index contributed by atoms with van der Waals surface area (Å²) in [5.41, 5.74) is 4.54. The molecule has 5 nitrogen and oxygen atoms in total. The van der Waals surface area contributed by atoms with Crippen molar-refractivity contribution in [3.63, 3.8) is 0 Å². The van der Waals surface area contributed by atoms with E-state index in [1.165, 1.54) is 18.4 Å². The Morgan fingerprint density at radius 3 is 2.68 bits per heavy atom. The van der Waals surface area contributed by atoms with Crippen LogP contribution >= 0.6 is 0 Å². The van der Waals surface area contributed by atoms with Gasteiger partial charge in [-0.05, 0) is 18.2 Å². The smallest absolute Gasteiger partial charge is 0.433 e. The number of nitrogens with two attached hydrogens (primary N) is 1. The molecule has 2 N–H and O–H groups in total. The topological polar surface area (TPSA) is 69.3 Å². The van der Waals surface area contributed by atoms with Crippen LogP contribution in [0.1, 0.15) is 5.69 Å². The third-order valence-corrected chi connectivity index (χ3v) is 2.51. The first-order valence-electron chi connectivity index (χ1n) is 5.22. The molecule has 0 radical (unpaired) electrons. The van der Waals surface area contributed by atoms with Crippen LogP contribution in [0, 0.1) is 0 Å². The molecule has 0 bridgehead atoms. The molecule has 3 aromatic heterocycles. The molecule has 0 aliphatic carbocycles. The van der Waals surface area contributed by atoms with E-state index in [2.05, 4.69) is 10.1 Å². The predicted octanol–water partition coefficient (Wildman–Crippen LogP) is 2.59. The first kappa shape index (κ1) is 11.6. The van der Waals surface area contributed by atoms with Gasteiger partial charge in [0.2, 0.25) is 0 Å². The molecule has 0 aromatic carbocycles. The summed E-state index contributed by atoms with van der Waals surface area (Å²) in [6.07, 6.45) is -3.21. The van der Waals surface area contributed by atoms with Crippen LogP contribution in [0.25, 0.3) is 17.1 Å². The maximum atomic E-state index is 13.0. The number of alkyl halides is 3. The highest BCUT2D eigenvalue weighted by Crippen LogP contribution is 2.32. The monoisotopic (exact) mass is 268 g/mol. The molecule has 8 heteroatoms. The summed E-state index contributed by atoms with van der Waals surface area (Å²) in [5, 5.41) is 3.58. The van der Waals surface area contributed by atoms with Crippen LogP contribution in [0.4, 0.5) is 19.0 Å². The predicted molar refractivity (Wildman–Crippen MR) is 60.1 cm³/mol. The standard InChI is InChI=1S/C11H7F3N4O/c12-11(13,14)8-4-6(7-2-1-3-19-7)16-10-5-9(15)17-18(8)10/h1-5H,(H2,15,17). The Hall–Kier alpha value is -2.51. The van der Waals surface area contributed by atoms with Gasteiger partial charge in [0.25, 0.3) is 0 Å². The van der Waals surface area contributed by atoms with Crippen LogP contribution in [0.3, 0.4) is 0 Å². The van der Waals surface area contributed by atoms with Gasteiger partial charge in [0.15, 0.2) is 17.1 Å². The number of nitrogens with zero attached hydrogens (tertiary/aromatic N) is 3. The minimum Gasteiger partial charge on any atom is -0.463 e. The van der Waals surface area contributed by atoms with Crippen molar-refractivity contribution in [3.8, 4) is 11.5 Å². The molecule has 0 aliphatic heterocycles. The molecular weight excluding hydrogens is 261 g/mol. The van der Waals surface area contributed by atoms with Crippen molar-refractivity contribution in [1.82, 2.24) is 14.6 Å². The summed E-state index contributed by atoms with van der Waals surface area (Å²) < 4.78 is 44.7. The van der Waals surface area contributed by atoms with Crippen LogP contribution in [0.15, 0.2) is 34.9 Å². The van der Waals surface area contributed by atoms with E-state index in [-0.39, 0.29) is 22.9 Å². The summed E-state index contributed by atoms with van der Waals surface area (Å²) in [4.78, 5) is 4.04. The quantitative estimate of drug-likeness (QED) is 0.736. The number of nitrogen functional groups attached to an aromatic ring is 1. The lowest BCUT2D eigenvalue weighted by Gasteiger charge is -2.09. The molecule has 0 atom stereocenters. The van der Waals surface area contributed by atoms with E-state index in [4.69, 9.17) is 10.2 Å². The zero-order chi connectivity index (χ0) is 13.6. The molecule has 3 heterocycles. The first-order valence-corrected chi connectivity index (χ1v) is 5.22. The van der Waals surface area contributed by atoms with Crippen LogP contribution in [-0.4, -0.2) is 14.6 Å². The average Bonchev–Trinajstić information content (AvgIpc) is 2.92. The highest BCUT2D eigenvalue weighted by atomic mass is 19.4. The molecule has 0 amide bonds. The molecule has 3 aromatic rings. The molecule has 0 aliphatic rings. The van der Waals surface area contributed by atoms with E-state index in [1.54, 1.807) is 6.07 Å². The second-order valence-electron chi connectivity index (χ2n) is 3.84. The number of halogens is 3. The van der Waals surface area contributed by atoms with Crippen LogP contribution < -0.4 is 5.73 Å². The van der Waals surface area contributed by atoms with Gasteiger partial charge in [-0.15, -0.1) is 5.10 Å². The van der Waals surface area contributed by atoms with Crippen molar-refractivity contribution in [2.75, 3.05) is 5.73 Å². The van der Waals surface area contributed by atoms with Gasteiger partial charge >= 0.3 is 6.18 Å². The van der Waals surface area contributed by atoms with E-state index in [0.717, 1.165) is 6.07 Å². The molecule has 0 unspecified atom stereocenters. The van der Waals surface area contributed by atoms with Crippen LogP contribution in [0.5, 0.6) is 0 Å². The van der Waals surface area contributed by atoms with Gasteiger partial charge < -0.3 is 10.2 Å². The molecule has 0 fully saturated rings. The SMILES string of the molecule is Nc1cc2nc(-c3ccco3)cc(C(F)(F)F)n2n1. The Kier molecular flexibility index (Phi) is 2.28. The van der Waals surface area contributed by atoms with E-state index >= 15 is 0 Å². The Bertz CT molecular complexity index is 730. The minimum atomic E-state index is -4.57. The summed E-state index contributed by atoms with van der Waals surface area (Å²) in [5.74, 6) is 0.211. The van der Waals surface area contributed by atoms with Gasteiger partial charge in [-0.1, -0.05) is 0 Å². The molecule has 0 saturated heterocycles. The molecule has 0 spiro atoms. The van der Waals surface area contributed by atoms with Crippen molar-refractivity contribution < 1.29 is 17.6 Å². The lowest BCUT2D eigenvalue weighted by atomic mass is 10.2. The summed E-state index contributed by atoms with van der Waals surface area (Å²) in [6.45, 7) is 0. The van der Waals surface area contributed by atoms with Gasteiger partial charge in [0, 0.05) is 6.07 Å². The summed E-state index contributed by atoms with van der Waals surface area (Å²) >= 11 is 0. The van der Waals surface area contributed by atoms with Gasteiger partial charge in [-0.2, -0.15) is 13.2 Å². The molecule has 19 heavy (non-hydrogen) atoms. The number of anilines is 1. The maximum Gasteiger partial charge on any atom is 0.433 e. The number of fused-ring (bicyclic) bond motifs is 1. The number of hydrogen-bond acceptors (Lipinski definition) is 4. The Morgan fingerprint density at radius 1 is 1.26 bits per heavy atom. The molecule has 3 rings (SSSR count). The highest BCUT2D eigenvalue weighted by molar-refractivity contribution is 5.59. The lowest BCUT2D eigenvalue weighted by Crippen LogP contribution is -2.13. The molecular formula is C11H7F3N4O. The van der Waals surface area contributed by atoms with Crippen molar-refractivity contribution in [2.45, 2.75) is 6.18 Å². The Morgan fingerprint density at radius 2 is 2.05 bits per heavy atom. The van der Waals surface area contributed by atoms with Gasteiger partial charge in [-0.3, -0.25) is 0 Å². The van der Waals surface area contributed by atoms with E-state index < -0.39 is 11.9 Å². The number of rotatable bonds is 1. The van der Waals surface area contributed by atoms with Crippen molar-refractivity contribution in [3.05, 3.63) is 36.2 Å². The van der Waals surface area contributed by atoms with E-state index in [1.807, 2.05) is 0 Å². The zero-order valence-electron chi connectivity index (χ0n) is 9.35. The van der Waals surface area contributed by atoms with Crippen molar-refractivity contribution in [2.24, 2.45) is 0 Å². The largest absolute Gasteiger partial charge is 0.463 e. The highest BCUT2D eigenvalue weighted by Gasteiger charge is 2.35. The second-order valence-corrected chi connectivity index (χ2v) is 3.84. The Labute approximate surface area is 104 Å². The Balaban J connectivity index is 2.32. The number of aromatic nitrogens is 3. The third-order valence-electron chi connectivity index (χ3n) is 2.51. The summed E-state index contributed by atoms with van der Waals surface area (Å²) in [6, 6.07) is 5.23. The minimum absolute atomic E-state index is 0.0127. The van der Waals surface area contributed by atoms with Gasteiger partial charge in [0.1, 0.15) is 11.5 Å². The fourth-order valence-electron chi connectivity index (χ4n) is 1.74.